The van der Waals surface area contributed by atoms with Crippen LogP contribution in [0.2, 0.25) is 0 Å². The van der Waals surface area contributed by atoms with E-state index in [1.165, 1.54) is 6.33 Å². The van der Waals surface area contributed by atoms with Gasteiger partial charge in [-0.25, -0.2) is 9.78 Å². The molecule has 0 unspecified atom stereocenters. The van der Waals surface area contributed by atoms with Crippen LogP contribution < -0.4 is 5.32 Å². The minimum atomic E-state index is -0.650. The van der Waals surface area contributed by atoms with E-state index in [4.69, 9.17) is 0 Å². The highest BCUT2D eigenvalue weighted by atomic mass is 16.2. The fraction of sp³-hybridized carbons (Fsp3) is 0.636. The molecule has 1 saturated heterocycles. The summed E-state index contributed by atoms with van der Waals surface area (Å²) in [6.07, 6.45) is 4.89. The molecule has 96 valence electrons. The Hall–Kier alpha value is -1.92. The first kappa shape index (κ1) is 11.2. The molecule has 1 aromatic rings. The van der Waals surface area contributed by atoms with E-state index in [2.05, 4.69) is 15.4 Å². The Morgan fingerprint density at radius 3 is 2.72 bits per heavy atom. The first-order valence-corrected chi connectivity index (χ1v) is 6.09. The molecule has 1 aromatic heterocycles. The number of hydrogen-bond acceptors (Lipinski definition) is 4. The van der Waals surface area contributed by atoms with Gasteiger partial charge in [-0.2, -0.15) is 5.10 Å². The highest BCUT2D eigenvalue weighted by molar-refractivity contribution is 6.07. The van der Waals surface area contributed by atoms with Gasteiger partial charge in [0.2, 0.25) is 0 Å². The van der Waals surface area contributed by atoms with Gasteiger partial charge in [-0.15, -0.1) is 0 Å². The lowest BCUT2D eigenvalue weighted by Gasteiger charge is -2.30. The van der Waals surface area contributed by atoms with E-state index >= 15 is 0 Å². The van der Waals surface area contributed by atoms with Gasteiger partial charge in [0.15, 0.2) is 0 Å². The molecule has 1 N–H and O–H groups in total. The zero-order chi connectivity index (χ0) is 12.8. The van der Waals surface area contributed by atoms with Crippen LogP contribution in [0.15, 0.2) is 6.33 Å². The molecule has 2 aliphatic rings. The van der Waals surface area contributed by atoms with E-state index in [1.807, 2.05) is 0 Å². The largest absolute Gasteiger partial charge is 0.325 e. The topological polar surface area (TPSA) is 80.1 Å². The van der Waals surface area contributed by atoms with Crippen molar-refractivity contribution in [3.8, 4) is 0 Å². The molecule has 1 aliphatic heterocycles. The van der Waals surface area contributed by atoms with Crippen LogP contribution in [0.1, 0.15) is 31.5 Å². The zero-order valence-electron chi connectivity index (χ0n) is 10.2. The Labute approximate surface area is 104 Å². The molecule has 1 aliphatic carbocycles. The standard InChI is InChI=1S/C11H15N5O2/c1-15-8(12-7-13-15)6-16-10(18)14-9(17)11(16)4-2-3-5-11/h7H,2-6H2,1H3,(H,14,17,18). The molecule has 2 heterocycles. The second kappa shape index (κ2) is 3.79. The lowest BCUT2D eigenvalue weighted by molar-refractivity contribution is -0.126. The van der Waals surface area contributed by atoms with E-state index in [0.29, 0.717) is 12.4 Å². The van der Waals surface area contributed by atoms with Crippen LogP contribution in [0, 0.1) is 0 Å². The van der Waals surface area contributed by atoms with Crippen LogP contribution in [0.4, 0.5) is 4.79 Å². The summed E-state index contributed by atoms with van der Waals surface area (Å²) in [5.74, 6) is 0.526. The third-order valence-electron chi connectivity index (χ3n) is 3.94. The fourth-order valence-electron chi connectivity index (χ4n) is 2.88. The lowest BCUT2D eigenvalue weighted by atomic mass is 9.96. The highest BCUT2D eigenvalue weighted by Crippen LogP contribution is 2.39. The van der Waals surface area contributed by atoms with Crippen LogP contribution in [0.25, 0.3) is 0 Å². The molecule has 2 fully saturated rings. The number of carbonyl (C=O) groups excluding carboxylic acids is 2. The smallest absolute Gasteiger partial charge is 0.302 e. The van der Waals surface area contributed by atoms with E-state index in [-0.39, 0.29) is 11.9 Å². The number of carbonyl (C=O) groups is 2. The predicted octanol–water partition coefficient (Wildman–Crippen LogP) is 0.180. The average molecular weight is 249 g/mol. The zero-order valence-corrected chi connectivity index (χ0v) is 10.2. The molecule has 7 nitrogen and oxygen atoms in total. The molecule has 18 heavy (non-hydrogen) atoms. The number of hydrogen-bond donors (Lipinski definition) is 1. The van der Waals surface area contributed by atoms with Crippen molar-refractivity contribution >= 4 is 11.9 Å². The van der Waals surface area contributed by atoms with Crippen molar-refractivity contribution in [2.24, 2.45) is 7.05 Å². The number of aryl methyl sites for hydroxylation is 1. The first-order chi connectivity index (χ1) is 8.63. The molecule has 3 rings (SSSR count). The number of rotatable bonds is 2. The molecular formula is C11H15N5O2. The number of nitrogens with zero attached hydrogens (tertiary/aromatic N) is 4. The predicted molar refractivity (Wildman–Crippen MR) is 61.3 cm³/mol. The van der Waals surface area contributed by atoms with Crippen LogP contribution in [-0.4, -0.2) is 37.1 Å². The average Bonchev–Trinajstić information content (AvgIpc) is 2.99. The van der Waals surface area contributed by atoms with Crippen molar-refractivity contribution in [2.45, 2.75) is 37.8 Å². The highest BCUT2D eigenvalue weighted by Gasteiger charge is 2.54. The Bertz CT molecular complexity index is 503. The van der Waals surface area contributed by atoms with Crippen LogP contribution in [0.5, 0.6) is 0 Å². The number of aromatic nitrogens is 3. The summed E-state index contributed by atoms with van der Waals surface area (Å²) < 4.78 is 1.62. The molecule has 0 bridgehead atoms. The molecular weight excluding hydrogens is 234 g/mol. The van der Waals surface area contributed by atoms with Gasteiger partial charge in [-0.1, -0.05) is 12.8 Å². The Morgan fingerprint density at radius 1 is 1.39 bits per heavy atom. The Morgan fingerprint density at radius 2 is 2.11 bits per heavy atom. The summed E-state index contributed by atoms with van der Waals surface area (Å²) in [4.78, 5) is 29.7. The minimum Gasteiger partial charge on any atom is -0.302 e. The maximum absolute atomic E-state index is 12.0. The maximum atomic E-state index is 12.0. The Kier molecular flexibility index (Phi) is 2.36. The SMILES string of the molecule is Cn1ncnc1CN1C(=O)NC(=O)C12CCCC2. The number of nitrogens with one attached hydrogen (secondary N) is 1. The van der Waals surface area contributed by atoms with Crippen molar-refractivity contribution in [3.05, 3.63) is 12.2 Å². The number of urea groups is 1. The van der Waals surface area contributed by atoms with Crippen molar-refractivity contribution in [1.29, 1.82) is 0 Å². The van der Waals surface area contributed by atoms with Crippen molar-refractivity contribution in [2.75, 3.05) is 0 Å². The first-order valence-electron chi connectivity index (χ1n) is 6.09. The normalized spacial score (nSPS) is 21.9. The summed E-state index contributed by atoms with van der Waals surface area (Å²) in [7, 11) is 1.78. The van der Waals surface area contributed by atoms with Gasteiger partial charge in [0.1, 0.15) is 17.7 Å². The van der Waals surface area contributed by atoms with E-state index in [9.17, 15) is 9.59 Å². The molecule has 0 aromatic carbocycles. The van der Waals surface area contributed by atoms with Gasteiger partial charge in [-0.05, 0) is 12.8 Å². The van der Waals surface area contributed by atoms with E-state index in [1.54, 1.807) is 16.6 Å². The van der Waals surface area contributed by atoms with Crippen LogP contribution in [-0.2, 0) is 18.4 Å². The van der Waals surface area contributed by atoms with Gasteiger partial charge in [-0.3, -0.25) is 14.8 Å². The second-order valence-electron chi connectivity index (χ2n) is 4.88. The maximum Gasteiger partial charge on any atom is 0.325 e. The summed E-state index contributed by atoms with van der Waals surface area (Å²) in [6, 6.07) is -0.315. The molecule has 7 heteroatoms. The second-order valence-corrected chi connectivity index (χ2v) is 4.88. The van der Waals surface area contributed by atoms with Gasteiger partial charge < -0.3 is 4.90 Å². The molecule has 0 radical (unpaired) electrons. The van der Waals surface area contributed by atoms with Crippen LogP contribution >= 0.6 is 0 Å². The summed E-state index contributed by atoms with van der Waals surface area (Å²) in [6.45, 7) is 0.327. The summed E-state index contributed by atoms with van der Waals surface area (Å²) >= 11 is 0. The molecule has 1 saturated carbocycles. The third kappa shape index (κ3) is 1.43. The third-order valence-corrected chi connectivity index (χ3v) is 3.94. The van der Waals surface area contributed by atoms with Crippen LogP contribution in [0.3, 0.4) is 0 Å². The minimum absolute atomic E-state index is 0.160. The van der Waals surface area contributed by atoms with E-state index in [0.717, 1.165) is 25.7 Å². The summed E-state index contributed by atoms with van der Waals surface area (Å²) in [5, 5.41) is 6.40. The van der Waals surface area contributed by atoms with Gasteiger partial charge in [0, 0.05) is 7.05 Å². The Balaban J connectivity index is 1.91. The lowest BCUT2D eigenvalue weighted by Crippen LogP contribution is -2.47. The van der Waals surface area contributed by atoms with Gasteiger partial charge >= 0.3 is 6.03 Å². The van der Waals surface area contributed by atoms with E-state index < -0.39 is 5.54 Å². The fourth-order valence-corrected chi connectivity index (χ4v) is 2.88. The van der Waals surface area contributed by atoms with Crippen molar-refractivity contribution in [1.82, 2.24) is 25.0 Å². The number of imide groups is 1. The molecule has 3 amide bonds. The van der Waals surface area contributed by atoms with Gasteiger partial charge in [0.25, 0.3) is 5.91 Å². The quantitative estimate of drug-likeness (QED) is 0.758. The van der Waals surface area contributed by atoms with Gasteiger partial charge in [0.05, 0.1) is 6.54 Å². The molecule has 0 atom stereocenters. The molecule has 1 spiro atoms. The van der Waals surface area contributed by atoms with Crippen molar-refractivity contribution in [3.63, 3.8) is 0 Å². The summed E-state index contributed by atoms with van der Waals surface area (Å²) in [5.41, 5.74) is -0.650. The number of amides is 3. The van der Waals surface area contributed by atoms with Crippen molar-refractivity contribution < 1.29 is 9.59 Å². The monoisotopic (exact) mass is 249 g/mol.